The molecule has 0 radical (unpaired) electrons. The molecule has 2 amide bonds. The summed E-state index contributed by atoms with van der Waals surface area (Å²) in [4.78, 5) is 43.8. The van der Waals surface area contributed by atoms with Gasteiger partial charge in [-0.15, -0.1) is 0 Å². The summed E-state index contributed by atoms with van der Waals surface area (Å²) in [6.45, 7) is 4.07. The lowest BCUT2D eigenvalue weighted by molar-refractivity contribution is -0.152. The first-order valence-electron chi connectivity index (χ1n) is 11.9. The van der Waals surface area contributed by atoms with Crippen molar-refractivity contribution in [1.29, 1.82) is 0 Å². The molecule has 1 atom stereocenters. The molecule has 0 spiro atoms. The van der Waals surface area contributed by atoms with Gasteiger partial charge >= 0.3 is 5.97 Å². The van der Waals surface area contributed by atoms with Crippen LogP contribution >= 0.6 is 23.2 Å². The van der Waals surface area contributed by atoms with Crippen molar-refractivity contribution in [3.63, 3.8) is 0 Å². The first-order valence-corrected chi connectivity index (χ1v) is 12.7. The topological polar surface area (TPSA) is 70.2 Å². The Morgan fingerprint density at radius 3 is 2.53 bits per heavy atom. The number of hydrogen-bond donors (Lipinski definition) is 0. The zero-order valence-corrected chi connectivity index (χ0v) is 21.2. The first kappa shape index (κ1) is 26.5. The molecule has 0 N–H and O–H groups in total. The summed E-state index contributed by atoms with van der Waals surface area (Å²) < 4.78 is 5.02. The highest BCUT2D eigenvalue weighted by Crippen LogP contribution is 2.23. The van der Waals surface area contributed by atoms with E-state index in [0.29, 0.717) is 36.1 Å². The van der Waals surface area contributed by atoms with Gasteiger partial charge in [-0.1, -0.05) is 35.7 Å². The fraction of sp³-hybridized carbons (Fsp3) is 0.560. The number of nitrogens with zero attached hydrogens (tertiary/aromatic N) is 3. The van der Waals surface area contributed by atoms with E-state index in [0.717, 1.165) is 31.6 Å². The summed E-state index contributed by atoms with van der Waals surface area (Å²) in [6, 6.07) is 4.52. The predicted molar refractivity (Wildman–Crippen MR) is 134 cm³/mol. The van der Waals surface area contributed by atoms with Crippen molar-refractivity contribution in [1.82, 2.24) is 14.7 Å². The van der Waals surface area contributed by atoms with E-state index in [1.54, 1.807) is 34.1 Å². The minimum Gasteiger partial charge on any atom is -0.467 e. The van der Waals surface area contributed by atoms with Crippen molar-refractivity contribution < 1.29 is 19.1 Å². The summed E-state index contributed by atoms with van der Waals surface area (Å²) in [7, 11) is 1.35. The summed E-state index contributed by atoms with van der Waals surface area (Å²) >= 11 is 12.0. The molecule has 1 unspecified atom stereocenters. The lowest BCUT2D eigenvalue weighted by Gasteiger charge is -2.30. The molecule has 0 bridgehead atoms. The maximum Gasteiger partial charge on any atom is 0.328 e. The number of methoxy groups -OCH3 is 1. The van der Waals surface area contributed by atoms with Gasteiger partial charge < -0.3 is 19.4 Å². The molecule has 0 aliphatic carbocycles. The monoisotopic (exact) mass is 509 g/mol. The van der Waals surface area contributed by atoms with Gasteiger partial charge in [0.25, 0.3) is 0 Å². The summed E-state index contributed by atoms with van der Waals surface area (Å²) in [5.41, 5.74) is 0.759. The number of esters is 1. The van der Waals surface area contributed by atoms with Gasteiger partial charge in [-0.3, -0.25) is 9.59 Å². The lowest BCUT2D eigenvalue weighted by atomic mass is 10.1. The number of likely N-dealkylation sites (tertiary alicyclic amines) is 1. The highest BCUT2D eigenvalue weighted by atomic mass is 35.5. The van der Waals surface area contributed by atoms with Crippen molar-refractivity contribution in [3.8, 4) is 0 Å². The van der Waals surface area contributed by atoms with Crippen LogP contribution in [0.15, 0.2) is 24.3 Å². The summed E-state index contributed by atoms with van der Waals surface area (Å²) in [6.07, 6.45) is 8.40. The number of halogens is 2. The van der Waals surface area contributed by atoms with Crippen molar-refractivity contribution in [2.24, 2.45) is 0 Å². The fourth-order valence-electron chi connectivity index (χ4n) is 4.51. The van der Waals surface area contributed by atoms with Crippen LogP contribution < -0.4 is 0 Å². The van der Waals surface area contributed by atoms with E-state index < -0.39 is 12.0 Å². The van der Waals surface area contributed by atoms with Crippen LogP contribution in [0, 0.1) is 0 Å². The van der Waals surface area contributed by atoms with Gasteiger partial charge in [-0.25, -0.2) is 4.79 Å². The van der Waals surface area contributed by atoms with Crippen LogP contribution in [0.4, 0.5) is 0 Å². The molecule has 3 rings (SSSR count). The van der Waals surface area contributed by atoms with E-state index in [4.69, 9.17) is 27.9 Å². The number of carbonyl (C=O) groups excluding carboxylic acids is 3. The van der Waals surface area contributed by atoms with E-state index in [9.17, 15) is 14.4 Å². The van der Waals surface area contributed by atoms with Crippen LogP contribution in [0.5, 0.6) is 0 Å². The zero-order chi connectivity index (χ0) is 24.5. The molecule has 34 heavy (non-hydrogen) atoms. The standard InChI is InChI=1S/C25H33Cl2N3O4/c1-34-25(33)22(6-5-14-28-12-3-2-4-13-28)30-17-16-29(15-11-24(30)32)23(31)10-8-19-7-9-20(26)21(27)18-19/h7-10,18,22H,2-6,11-17H2,1H3/b10-8+. The maximum absolute atomic E-state index is 12.9. The number of rotatable bonds is 8. The number of piperidine rings is 1. The van der Waals surface area contributed by atoms with Crippen LogP contribution in [0.3, 0.4) is 0 Å². The Balaban J connectivity index is 1.58. The first-order chi connectivity index (χ1) is 16.4. The second-order valence-corrected chi connectivity index (χ2v) is 9.57. The average Bonchev–Trinajstić information content (AvgIpc) is 3.04. The molecule has 2 fully saturated rings. The number of amides is 2. The average molecular weight is 510 g/mol. The van der Waals surface area contributed by atoms with E-state index in [1.807, 2.05) is 0 Å². The van der Waals surface area contributed by atoms with Gasteiger partial charge in [0.2, 0.25) is 11.8 Å². The Morgan fingerprint density at radius 2 is 1.82 bits per heavy atom. The molecule has 2 aliphatic heterocycles. The molecule has 2 saturated heterocycles. The lowest BCUT2D eigenvalue weighted by Crippen LogP contribution is -2.47. The van der Waals surface area contributed by atoms with Crippen LogP contribution in [-0.4, -0.2) is 84.9 Å². The molecule has 0 aromatic heterocycles. The highest BCUT2D eigenvalue weighted by molar-refractivity contribution is 6.42. The predicted octanol–water partition coefficient (Wildman–Crippen LogP) is 3.88. The number of hydrogen-bond acceptors (Lipinski definition) is 5. The molecule has 2 aliphatic rings. The Kier molecular flexibility index (Phi) is 10.2. The van der Waals surface area contributed by atoms with Gasteiger partial charge in [0, 0.05) is 32.1 Å². The number of carbonyl (C=O) groups is 3. The van der Waals surface area contributed by atoms with Crippen molar-refractivity contribution in [2.75, 3.05) is 46.4 Å². The summed E-state index contributed by atoms with van der Waals surface area (Å²) in [5.74, 6) is -0.719. The Bertz CT molecular complexity index is 902. The third kappa shape index (κ3) is 7.45. The van der Waals surface area contributed by atoms with E-state index in [-0.39, 0.29) is 18.2 Å². The van der Waals surface area contributed by atoms with Gasteiger partial charge in [-0.2, -0.15) is 0 Å². The highest BCUT2D eigenvalue weighted by Gasteiger charge is 2.33. The SMILES string of the molecule is COC(=O)C(CCCN1CCCCC1)N1CCN(C(=O)/C=C/c2ccc(Cl)c(Cl)c2)CCC1=O. The number of benzene rings is 1. The third-order valence-electron chi connectivity index (χ3n) is 6.45. The molecule has 7 nitrogen and oxygen atoms in total. The van der Waals surface area contributed by atoms with E-state index in [2.05, 4.69) is 4.90 Å². The minimum absolute atomic E-state index is 0.128. The van der Waals surface area contributed by atoms with Crippen LogP contribution in [0.25, 0.3) is 6.08 Å². The van der Waals surface area contributed by atoms with E-state index in [1.165, 1.54) is 32.4 Å². The van der Waals surface area contributed by atoms with Gasteiger partial charge in [-0.05, 0) is 69.1 Å². The van der Waals surface area contributed by atoms with Gasteiger partial charge in [0.05, 0.1) is 17.2 Å². The smallest absolute Gasteiger partial charge is 0.328 e. The van der Waals surface area contributed by atoms with Gasteiger partial charge in [0.15, 0.2) is 0 Å². The molecule has 2 heterocycles. The second kappa shape index (κ2) is 13.1. The van der Waals surface area contributed by atoms with Crippen LogP contribution in [-0.2, 0) is 19.1 Å². The Morgan fingerprint density at radius 1 is 1.06 bits per heavy atom. The fourth-order valence-corrected chi connectivity index (χ4v) is 4.81. The zero-order valence-electron chi connectivity index (χ0n) is 19.7. The molecule has 1 aromatic rings. The summed E-state index contributed by atoms with van der Waals surface area (Å²) in [5, 5.41) is 0.869. The van der Waals surface area contributed by atoms with Crippen LogP contribution in [0.1, 0.15) is 44.1 Å². The largest absolute Gasteiger partial charge is 0.467 e. The Hall–Kier alpha value is -2.09. The maximum atomic E-state index is 12.9. The van der Waals surface area contributed by atoms with Gasteiger partial charge in [0.1, 0.15) is 6.04 Å². The Labute approximate surface area is 211 Å². The molecule has 1 aromatic carbocycles. The molecular weight excluding hydrogens is 477 g/mol. The molecule has 9 heteroatoms. The molecule has 186 valence electrons. The molecular formula is C25H33Cl2N3O4. The van der Waals surface area contributed by atoms with E-state index >= 15 is 0 Å². The second-order valence-electron chi connectivity index (χ2n) is 8.75. The third-order valence-corrected chi connectivity index (χ3v) is 7.19. The quantitative estimate of drug-likeness (QED) is 0.392. The number of ether oxygens (including phenoxy) is 1. The molecule has 0 saturated carbocycles. The van der Waals surface area contributed by atoms with Crippen molar-refractivity contribution in [3.05, 3.63) is 39.9 Å². The van der Waals surface area contributed by atoms with Crippen molar-refractivity contribution in [2.45, 2.75) is 44.6 Å². The van der Waals surface area contributed by atoms with Crippen LogP contribution in [0.2, 0.25) is 10.0 Å². The minimum atomic E-state index is -0.621. The normalized spacial score (nSPS) is 18.7. The van der Waals surface area contributed by atoms with Crippen molar-refractivity contribution >= 4 is 47.1 Å².